The van der Waals surface area contributed by atoms with E-state index in [4.69, 9.17) is 0 Å². The second-order valence-corrected chi connectivity index (χ2v) is 4.82. The predicted octanol–water partition coefficient (Wildman–Crippen LogP) is 1.10. The van der Waals surface area contributed by atoms with Gasteiger partial charge >= 0.3 is 0 Å². The molecule has 1 fully saturated rings. The maximum atomic E-state index is 12.3. The summed E-state index contributed by atoms with van der Waals surface area (Å²) in [6.45, 7) is 2.77. The first kappa shape index (κ1) is 12.2. The number of likely N-dealkylation sites (tertiary alicyclic amines) is 1. The lowest BCUT2D eigenvalue weighted by Crippen LogP contribution is -2.43. The molecule has 94 valence electrons. The van der Waals surface area contributed by atoms with Gasteiger partial charge in [-0.2, -0.15) is 0 Å². The fourth-order valence-electron chi connectivity index (χ4n) is 2.55. The molecule has 17 heavy (non-hydrogen) atoms. The molecular formula is C13H21N3O. The lowest BCUT2D eigenvalue weighted by atomic mass is 9.98. The second kappa shape index (κ2) is 5.36. The Hall–Kier alpha value is -1.29. The van der Waals surface area contributed by atoms with Crippen molar-refractivity contribution in [3.8, 4) is 0 Å². The van der Waals surface area contributed by atoms with E-state index in [0.29, 0.717) is 5.92 Å². The number of hydrogen-bond acceptors (Lipinski definition) is 2. The minimum Gasteiger partial charge on any atom is -0.347 e. The van der Waals surface area contributed by atoms with Gasteiger partial charge in [0.2, 0.25) is 0 Å². The fourth-order valence-corrected chi connectivity index (χ4v) is 2.55. The van der Waals surface area contributed by atoms with Gasteiger partial charge in [-0.15, -0.1) is 0 Å². The Kier molecular flexibility index (Phi) is 3.84. The van der Waals surface area contributed by atoms with Gasteiger partial charge in [0.15, 0.2) is 0 Å². The third kappa shape index (κ3) is 2.69. The number of carbonyl (C=O) groups is 1. The molecule has 2 heterocycles. The van der Waals surface area contributed by atoms with E-state index in [1.54, 1.807) is 0 Å². The first-order valence-electron chi connectivity index (χ1n) is 6.27. The van der Waals surface area contributed by atoms with Gasteiger partial charge in [-0.05, 0) is 44.5 Å². The number of aryl methyl sites for hydroxylation is 1. The number of piperidine rings is 1. The van der Waals surface area contributed by atoms with Gasteiger partial charge in [-0.25, -0.2) is 0 Å². The summed E-state index contributed by atoms with van der Waals surface area (Å²) in [5.74, 6) is 0.760. The van der Waals surface area contributed by atoms with Crippen LogP contribution in [0.3, 0.4) is 0 Å². The van der Waals surface area contributed by atoms with Crippen molar-refractivity contribution < 1.29 is 4.79 Å². The zero-order valence-electron chi connectivity index (χ0n) is 10.6. The lowest BCUT2D eigenvalue weighted by molar-refractivity contribution is 0.0664. The molecule has 4 nitrogen and oxygen atoms in total. The Morgan fingerprint density at radius 2 is 2.41 bits per heavy atom. The Bertz CT molecular complexity index is 384. The predicted molar refractivity (Wildman–Crippen MR) is 68.0 cm³/mol. The van der Waals surface area contributed by atoms with Crippen molar-refractivity contribution in [3.05, 3.63) is 24.0 Å². The monoisotopic (exact) mass is 235 g/mol. The minimum atomic E-state index is 0.165. The van der Waals surface area contributed by atoms with E-state index >= 15 is 0 Å². The molecule has 0 saturated carbocycles. The summed E-state index contributed by atoms with van der Waals surface area (Å²) >= 11 is 0. The summed E-state index contributed by atoms with van der Waals surface area (Å²) < 4.78 is 1.89. The summed E-state index contributed by atoms with van der Waals surface area (Å²) in [6, 6.07) is 3.81. The summed E-state index contributed by atoms with van der Waals surface area (Å²) in [6.07, 6.45) is 4.25. The number of aromatic nitrogens is 1. The molecule has 0 spiro atoms. The molecule has 4 heteroatoms. The molecule has 1 N–H and O–H groups in total. The lowest BCUT2D eigenvalue weighted by Gasteiger charge is -2.32. The zero-order chi connectivity index (χ0) is 12.3. The van der Waals surface area contributed by atoms with E-state index in [2.05, 4.69) is 5.32 Å². The fraction of sp³-hybridized carbons (Fsp3) is 0.615. The zero-order valence-corrected chi connectivity index (χ0v) is 10.6. The van der Waals surface area contributed by atoms with Crippen LogP contribution in [0.15, 0.2) is 18.3 Å². The van der Waals surface area contributed by atoms with Crippen molar-refractivity contribution in [3.63, 3.8) is 0 Å². The molecule has 1 amide bonds. The van der Waals surface area contributed by atoms with Crippen molar-refractivity contribution in [1.29, 1.82) is 0 Å². The van der Waals surface area contributed by atoms with Crippen molar-refractivity contribution in [2.24, 2.45) is 13.0 Å². The number of amides is 1. The summed E-state index contributed by atoms with van der Waals surface area (Å²) in [5.41, 5.74) is 0.787. The first-order chi connectivity index (χ1) is 8.22. The molecule has 0 aromatic carbocycles. The maximum absolute atomic E-state index is 12.3. The van der Waals surface area contributed by atoms with Crippen LogP contribution in [0.1, 0.15) is 23.3 Å². The average Bonchev–Trinajstić information content (AvgIpc) is 2.75. The summed E-state index contributed by atoms with van der Waals surface area (Å²) in [7, 11) is 3.89. The highest BCUT2D eigenvalue weighted by atomic mass is 16.2. The first-order valence-corrected chi connectivity index (χ1v) is 6.27. The van der Waals surface area contributed by atoms with Gasteiger partial charge < -0.3 is 14.8 Å². The van der Waals surface area contributed by atoms with Crippen molar-refractivity contribution in [2.75, 3.05) is 26.7 Å². The molecule has 2 rings (SSSR count). The molecule has 1 aliphatic rings. The number of nitrogens with one attached hydrogen (secondary N) is 1. The minimum absolute atomic E-state index is 0.165. The molecule has 1 aliphatic heterocycles. The van der Waals surface area contributed by atoms with Crippen LogP contribution in [0.2, 0.25) is 0 Å². The third-order valence-corrected chi connectivity index (χ3v) is 3.46. The third-order valence-electron chi connectivity index (χ3n) is 3.46. The Morgan fingerprint density at radius 3 is 3.06 bits per heavy atom. The largest absolute Gasteiger partial charge is 0.347 e. The molecule has 0 unspecified atom stereocenters. The van der Waals surface area contributed by atoms with Gasteiger partial charge in [-0.3, -0.25) is 4.79 Å². The van der Waals surface area contributed by atoms with E-state index in [1.165, 1.54) is 6.42 Å². The van der Waals surface area contributed by atoms with Crippen LogP contribution in [-0.4, -0.2) is 42.1 Å². The maximum Gasteiger partial charge on any atom is 0.270 e. The molecule has 0 aliphatic carbocycles. The number of hydrogen-bond donors (Lipinski definition) is 1. The topological polar surface area (TPSA) is 37.3 Å². The van der Waals surface area contributed by atoms with Crippen LogP contribution in [0, 0.1) is 5.92 Å². The van der Waals surface area contributed by atoms with E-state index < -0.39 is 0 Å². The van der Waals surface area contributed by atoms with Gasteiger partial charge in [0, 0.05) is 26.3 Å². The van der Waals surface area contributed by atoms with Crippen LogP contribution in [0.25, 0.3) is 0 Å². The average molecular weight is 235 g/mol. The molecule has 1 aromatic heterocycles. The van der Waals surface area contributed by atoms with E-state index in [9.17, 15) is 4.79 Å². The number of nitrogens with zero attached hydrogens (tertiary/aromatic N) is 2. The van der Waals surface area contributed by atoms with Crippen LogP contribution in [0.4, 0.5) is 0 Å². The molecular weight excluding hydrogens is 214 g/mol. The SMILES string of the molecule is CNC[C@H]1CCCN(C(=O)c2cccn2C)C1. The summed E-state index contributed by atoms with van der Waals surface area (Å²) in [5, 5.41) is 3.20. The van der Waals surface area contributed by atoms with Crippen molar-refractivity contribution in [1.82, 2.24) is 14.8 Å². The number of carbonyl (C=O) groups excluding carboxylic acids is 1. The molecule has 1 aromatic rings. The number of rotatable bonds is 3. The van der Waals surface area contributed by atoms with Crippen LogP contribution >= 0.6 is 0 Å². The van der Waals surface area contributed by atoms with Crippen LogP contribution in [-0.2, 0) is 7.05 Å². The normalized spacial score (nSPS) is 20.6. The van der Waals surface area contributed by atoms with Gasteiger partial charge in [0.1, 0.15) is 5.69 Å². The van der Waals surface area contributed by atoms with E-state index in [1.807, 2.05) is 41.9 Å². The smallest absolute Gasteiger partial charge is 0.270 e. The molecule has 1 atom stereocenters. The Balaban J connectivity index is 2.02. The van der Waals surface area contributed by atoms with E-state index in [-0.39, 0.29) is 5.91 Å². The van der Waals surface area contributed by atoms with Gasteiger partial charge in [-0.1, -0.05) is 0 Å². The van der Waals surface area contributed by atoms with Gasteiger partial charge in [0.05, 0.1) is 0 Å². The van der Waals surface area contributed by atoms with Gasteiger partial charge in [0.25, 0.3) is 5.91 Å². The summed E-state index contributed by atoms with van der Waals surface area (Å²) in [4.78, 5) is 14.3. The quantitative estimate of drug-likeness (QED) is 0.851. The van der Waals surface area contributed by atoms with Crippen molar-refractivity contribution >= 4 is 5.91 Å². The van der Waals surface area contributed by atoms with Crippen LogP contribution < -0.4 is 5.32 Å². The Morgan fingerprint density at radius 1 is 1.59 bits per heavy atom. The highest BCUT2D eigenvalue weighted by Crippen LogP contribution is 2.18. The van der Waals surface area contributed by atoms with E-state index in [0.717, 1.165) is 31.7 Å². The Labute approximate surface area is 103 Å². The molecule has 1 saturated heterocycles. The second-order valence-electron chi connectivity index (χ2n) is 4.82. The molecule has 0 radical (unpaired) electrons. The highest BCUT2D eigenvalue weighted by molar-refractivity contribution is 5.92. The van der Waals surface area contributed by atoms with Crippen molar-refractivity contribution in [2.45, 2.75) is 12.8 Å². The highest BCUT2D eigenvalue weighted by Gasteiger charge is 2.24. The molecule has 0 bridgehead atoms. The standard InChI is InChI=1S/C13H21N3O/c1-14-9-11-5-3-8-16(10-11)13(17)12-6-4-7-15(12)2/h4,6-7,11,14H,3,5,8-10H2,1-2H3/t11-/m1/s1. The van der Waals surface area contributed by atoms with Crippen LogP contribution in [0.5, 0.6) is 0 Å².